The summed E-state index contributed by atoms with van der Waals surface area (Å²) in [7, 11) is 0. The quantitative estimate of drug-likeness (QED) is 0.0653. The molecule has 0 aliphatic heterocycles. The Balaban J connectivity index is 1.28. The molecule has 0 heterocycles. The minimum absolute atomic E-state index is 0.479. The molecule has 0 saturated heterocycles. The standard InChI is InChI=1S/C50H70O8/c1-33-31-37(16-9-13-21-49(27-28-49)45(55)56)36(4)42(39(33)17-8-6-12-20-48(25-26-48)44(53)54)41-32-38(15-7-5-11-19-47(23-24-47)43(51)52)34(2)35(3)40(41)18-10-14-22-50(29-30-50)46(57)58/h31-32H,5-30H2,1-4H3,(H,51,52)(H,53,54)(H,55,56)(H,57,58). The molecular formula is C50H70O8. The minimum atomic E-state index is -0.655. The zero-order chi connectivity index (χ0) is 41.9. The van der Waals surface area contributed by atoms with Gasteiger partial charge < -0.3 is 20.4 Å². The van der Waals surface area contributed by atoms with E-state index in [2.05, 4.69) is 39.8 Å². The highest BCUT2D eigenvalue weighted by Gasteiger charge is 2.51. The molecule has 0 unspecified atom stereocenters. The predicted molar refractivity (Wildman–Crippen MR) is 227 cm³/mol. The van der Waals surface area contributed by atoms with Gasteiger partial charge in [-0.25, -0.2) is 0 Å². The van der Waals surface area contributed by atoms with Crippen LogP contribution < -0.4 is 0 Å². The second-order valence-electron chi connectivity index (χ2n) is 19.5. The number of aliphatic carboxylic acids is 4. The molecule has 0 radical (unpaired) electrons. The lowest BCUT2D eigenvalue weighted by Gasteiger charge is -2.25. The molecule has 0 atom stereocenters. The van der Waals surface area contributed by atoms with Crippen molar-refractivity contribution in [3.63, 3.8) is 0 Å². The lowest BCUT2D eigenvalue weighted by molar-refractivity contribution is -0.144. The number of unbranched alkanes of at least 4 members (excludes halogenated alkanes) is 6. The largest absolute Gasteiger partial charge is 0.481 e. The van der Waals surface area contributed by atoms with Crippen LogP contribution in [0, 0.1) is 49.4 Å². The Kier molecular flexibility index (Phi) is 13.5. The van der Waals surface area contributed by atoms with Gasteiger partial charge in [0.1, 0.15) is 0 Å². The van der Waals surface area contributed by atoms with Crippen molar-refractivity contribution in [1.29, 1.82) is 0 Å². The lowest BCUT2D eigenvalue weighted by atomic mass is 9.79. The molecule has 0 amide bonds. The van der Waals surface area contributed by atoms with Crippen LogP contribution in [0.3, 0.4) is 0 Å². The summed E-state index contributed by atoms with van der Waals surface area (Å²) in [6.07, 6.45) is 22.4. The number of carboxylic acid groups (broad SMARTS) is 4. The Labute approximate surface area is 346 Å². The van der Waals surface area contributed by atoms with Gasteiger partial charge >= 0.3 is 23.9 Å². The van der Waals surface area contributed by atoms with E-state index < -0.39 is 45.5 Å². The van der Waals surface area contributed by atoms with Crippen LogP contribution in [-0.4, -0.2) is 44.3 Å². The third-order valence-electron chi connectivity index (χ3n) is 15.5. The Morgan fingerprint density at radius 3 is 1.19 bits per heavy atom. The molecule has 6 rings (SSSR count). The molecule has 4 aliphatic carbocycles. The molecule has 4 aliphatic rings. The fourth-order valence-electron chi connectivity index (χ4n) is 10.2. The number of hydrogen-bond donors (Lipinski definition) is 4. The topological polar surface area (TPSA) is 149 Å². The van der Waals surface area contributed by atoms with Crippen LogP contribution >= 0.6 is 0 Å². The number of hydrogen-bond acceptors (Lipinski definition) is 4. The highest BCUT2D eigenvalue weighted by Crippen LogP contribution is 2.53. The van der Waals surface area contributed by atoms with E-state index in [9.17, 15) is 39.6 Å². The van der Waals surface area contributed by atoms with Crippen molar-refractivity contribution in [2.24, 2.45) is 21.7 Å². The highest BCUT2D eigenvalue weighted by atomic mass is 16.4. The van der Waals surface area contributed by atoms with Crippen LogP contribution in [0.25, 0.3) is 11.1 Å². The molecule has 318 valence electrons. The van der Waals surface area contributed by atoms with Crippen LogP contribution in [0.2, 0.25) is 0 Å². The molecule has 4 saturated carbocycles. The summed E-state index contributed by atoms with van der Waals surface area (Å²) in [5.74, 6) is -2.59. The molecule has 0 spiro atoms. The van der Waals surface area contributed by atoms with Gasteiger partial charge in [-0.15, -0.1) is 0 Å². The van der Waals surface area contributed by atoms with E-state index >= 15 is 0 Å². The summed E-state index contributed by atoms with van der Waals surface area (Å²) in [5.41, 5.74) is 11.2. The lowest BCUT2D eigenvalue weighted by Crippen LogP contribution is -2.14. The van der Waals surface area contributed by atoms with E-state index in [1.807, 2.05) is 0 Å². The van der Waals surface area contributed by atoms with E-state index in [4.69, 9.17) is 0 Å². The second kappa shape index (κ2) is 17.9. The van der Waals surface area contributed by atoms with Gasteiger partial charge in [0, 0.05) is 0 Å². The zero-order valence-corrected chi connectivity index (χ0v) is 36.0. The Morgan fingerprint density at radius 2 is 0.776 bits per heavy atom. The van der Waals surface area contributed by atoms with Gasteiger partial charge in [0.15, 0.2) is 0 Å². The van der Waals surface area contributed by atoms with Crippen molar-refractivity contribution < 1.29 is 39.6 Å². The summed E-state index contributed by atoms with van der Waals surface area (Å²) < 4.78 is 0. The van der Waals surface area contributed by atoms with Gasteiger partial charge in [-0.1, -0.05) is 50.7 Å². The summed E-state index contributed by atoms with van der Waals surface area (Å²) >= 11 is 0. The second-order valence-corrected chi connectivity index (χ2v) is 19.5. The average molecular weight is 799 g/mol. The Morgan fingerprint density at radius 1 is 0.431 bits per heavy atom. The van der Waals surface area contributed by atoms with Crippen molar-refractivity contribution in [3.8, 4) is 11.1 Å². The summed E-state index contributed by atoms with van der Waals surface area (Å²) in [5, 5.41) is 39.0. The van der Waals surface area contributed by atoms with Crippen LogP contribution in [0.1, 0.15) is 186 Å². The Bertz CT molecular complexity index is 1870. The number of rotatable bonds is 27. The van der Waals surface area contributed by atoms with Gasteiger partial charge in [-0.2, -0.15) is 0 Å². The molecule has 4 N–H and O–H groups in total. The number of carbonyl (C=O) groups is 4. The van der Waals surface area contributed by atoms with Gasteiger partial charge in [0.2, 0.25) is 0 Å². The maximum Gasteiger partial charge on any atom is 0.309 e. The van der Waals surface area contributed by atoms with E-state index in [0.29, 0.717) is 0 Å². The SMILES string of the molecule is Cc1cc(CCCCC2(C(=O)O)CC2)c(C)c(-c2cc(CCCCCC3(C(=O)O)CC3)c(C)c(C)c2CCCCC2(C(=O)O)CC2)c1CCCCCC1(C(=O)O)CC1. The molecule has 2 aromatic carbocycles. The summed E-state index contributed by atoms with van der Waals surface area (Å²) in [6, 6.07) is 4.83. The van der Waals surface area contributed by atoms with Gasteiger partial charge in [-0.3, -0.25) is 19.2 Å². The molecule has 0 aromatic heterocycles. The fraction of sp³-hybridized carbons (Fsp3) is 0.680. The number of benzene rings is 2. The monoisotopic (exact) mass is 799 g/mol. The number of aryl methyl sites for hydroxylation is 3. The molecule has 58 heavy (non-hydrogen) atoms. The number of carboxylic acids is 4. The van der Waals surface area contributed by atoms with Crippen molar-refractivity contribution >= 4 is 23.9 Å². The van der Waals surface area contributed by atoms with E-state index in [1.54, 1.807) is 0 Å². The van der Waals surface area contributed by atoms with Gasteiger partial charge in [-0.05, 0) is 212 Å². The maximum atomic E-state index is 12.0. The molecule has 0 bridgehead atoms. The molecule has 4 fully saturated rings. The van der Waals surface area contributed by atoms with E-state index in [1.165, 1.54) is 55.6 Å². The normalized spacial score (nSPS) is 18.8. The molecule has 8 nitrogen and oxygen atoms in total. The van der Waals surface area contributed by atoms with Crippen LogP contribution in [0.4, 0.5) is 0 Å². The smallest absolute Gasteiger partial charge is 0.309 e. The van der Waals surface area contributed by atoms with Crippen LogP contribution in [0.5, 0.6) is 0 Å². The Hall–Kier alpha value is -3.68. The predicted octanol–water partition coefficient (Wildman–Crippen LogP) is 11.7. The molecule has 2 aromatic rings. The first-order valence-electron chi connectivity index (χ1n) is 22.8. The van der Waals surface area contributed by atoms with Crippen LogP contribution in [-0.2, 0) is 44.9 Å². The van der Waals surface area contributed by atoms with Gasteiger partial charge in [0.05, 0.1) is 21.7 Å². The summed E-state index contributed by atoms with van der Waals surface area (Å²) in [4.78, 5) is 47.5. The first kappa shape index (κ1) is 43.9. The van der Waals surface area contributed by atoms with E-state index in [-0.39, 0.29) is 0 Å². The first-order chi connectivity index (χ1) is 27.6. The first-order valence-corrected chi connectivity index (χ1v) is 22.8. The van der Waals surface area contributed by atoms with E-state index in [0.717, 1.165) is 167 Å². The molecular weight excluding hydrogens is 729 g/mol. The van der Waals surface area contributed by atoms with Crippen molar-refractivity contribution in [3.05, 3.63) is 56.6 Å². The van der Waals surface area contributed by atoms with Crippen molar-refractivity contribution in [2.75, 3.05) is 0 Å². The van der Waals surface area contributed by atoms with Crippen molar-refractivity contribution in [2.45, 2.75) is 195 Å². The van der Waals surface area contributed by atoms with Gasteiger partial charge in [0.25, 0.3) is 0 Å². The minimum Gasteiger partial charge on any atom is -0.481 e. The zero-order valence-electron chi connectivity index (χ0n) is 36.0. The highest BCUT2D eigenvalue weighted by molar-refractivity contribution is 5.80. The maximum absolute atomic E-state index is 12.0. The van der Waals surface area contributed by atoms with Crippen molar-refractivity contribution in [1.82, 2.24) is 0 Å². The summed E-state index contributed by atoms with van der Waals surface area (Å²) in [6.45, 7) is 9.02. The average Bonchev–Trinajstić information content (AvgIpc) is 3.98. The fourth-order valence-corrected chi connectivity index (χ4v) is 10.2. The van der Waals surface area contributed by atoms with Crippen LogP contribution in [0.15, 0.2) is 12.1 Å². The third kappa shape index (κ3) is 9.84. The third-order valence-corrected chi connectivity index (χ3v) is 15.5. The molecule has 8 heteroatoms.